The largest absolute Gasteiger partial charge is 0.344 e. The number of likely N-dealkylation sites (N-methyl/N-ethyl adjacent to an activating group) is 1. The zero-order valence-electron chi connectivity index (χ0n) is 17.5. The van der Waals surface area contributed by atoms with Crippen LogP contribution in [0, 0.1) is 11.8 Å². The molecular weight excluding hydrogens is 338 g/mol. The van der Waals surface area contributed by atoms with Crippen molar-refractivity contribution >= 4 is 11.8 Å². The molecule has 2 saturated carbocycles. The average Bonchev–Trinajstić information content (AvgIpc) is 3.23. The van der Waals surface area contributed by atoms with Crippen LogP contribution < -0.4 is 0 Å². The smallest absolute Gasteiger partial charge is 0.239 e. The van der Waals surface area contributed by atoms with Crippen molar-refractivity contribution in [3.05, 3.63) is 0 Å². The van der Waals surface area contributed by atoms with Crippen LogP contribution in [0.1, 0.15) is 71.1 Å². The molecule has 3 fully saturated rings. The minimum Gasteiger partial charge on any atom is -0.344 e. The van der Waals surface area contributed by atoms with Gasteiger partial charge in [-0.3, -0.25) is 14.5 Å². The normalized spacial score (nSPS) is 24.1. The van der Waals surface area contributed by atoms with Gasteiger partial charge in [0.25, 0.3) is 0 Å². The molecule has 0 aromatic carbocycles. The number of rotatable bonds is 6. The highest BCUT2D eigenvalue weighted by atomic mass is 16.2. The highest BCUT2D eigenvalue weighted by molar-refractivity contribution is 5.82. The van der Waals surface area contributed by atoms with Crippen LogP contribution in [0.15, 0.2) is 0 Å². The Labute approximate surface area is 165 Å². The Morgan fingerprint density at radius 2 is 1.52 bits per heavy atom. The van der Waals surface area contributed by atoms with Crippen LogP contribution in [0.4, 0.5) is 0 Å². The van der Waals surface area contributed by atoms with Crippen molar-refractivity contribution < 1.29 is 9.59 Å². The number of carbonyl (C=O) groups is 2. The Kier molecular flexibility index (Phi) is 7.57. The lowest BCUT2D eigenvalue weighted by molar-refractivity contribution is -0.142. The molecule has 0 aromatic rings. The summed E-state index contributed by atoms with van der Waals surface area (Å²) < 4.78 is 0. The Morgan fingerprint density at radius 3 is 2.11 bits per heavy atom. The second-order valence-corrected chi connectivity index (χ2v) is 8.95. The van der Waals surface area contributed by atoms with Crippen molar-refractivity contribution in [2.45, 2.75) is 77.2 Å². The van der Waals surface area contributed by atoms with E-state index in [1.165, 1.54) is 44.9 Å². The Balaban J connectivity index is 1.60. The van der Waals surface area contributed by atoms with E-state index in [1.54, 1.807) is 0 Å². The van der Waals surface area contributed by atoms with Gasteiger partial charge in [0.1, 0.15) is 0 Å². The van der Waals surface area contributed by atoms with E-state index < -0.39 is 0 Å². The summed E-state index contributed by atoms with van der Waals surface area (Å²) in [6, 6.07) is 0.0241. The number of hydrogen-bond donors (Lipinski definition) is 0. The molecule has 5 heteroatoms. The second kappa shape index (κ2) is 9.90. The maximum atomic E-state index is 13.2. The van der Waals surface area contributed by atoms with Gasteiger partial charge in [0.05, 0.1) is 6.04 Å². The summed E-state index contributed by atoms with van der Waals surface area (Å²) in [5, 5.41) is 0. The molecule has 3 rings (SSSR count). The summed E-state index contributed by atoms with van der Waals surface area (Å²) in [6.07, 6.45) is 11.7. The van der Waals surface area contributed by atoms with E-state index in [4.69, 9.17) is 0 Å². The van der Waals surface area contributed by atoms with Crippen molar-refractivity contribution in [1.29, 1.82) is 0 Å². The molecule has 1 unspecified atom stereocenters. The van der Waals surface area contributed by atoms with Gasteiger partial charge in [0, 0.05) is 45.7 Å². The van der Waals surface area contributed by atoms with Crippen LogP contribution in [-0.2, 0) is 9.59 Å². The molecule has 0 spiro atoms. The summed E-state index contributed by atoms with van der Waals surface area (Å²) in [7, 11) is 1.95. The van der Waals surface area contributed by atoms with E-state index in [2.05, 4.69) is 16.7 Å². The summed E-state index contributed by atoms with van der Waals surface area (Å²) in [4.78, 5) is 32.4. The molecule has 154 valence electrons. The van der Waals surface area contributed by atoms with Crippen molar-refractivity contribution in [2.24, 2.45) is 11.8 Å². The number of amides is 2. The van der Waals surface area contributed by atoms with Crippen LogP contribution in [0.5, 0.6) is 0 Å². The monoisotopic (exact) mass is 377 g/mol. The van der Waals surface area contributed by atoms with Gasteiger partial charge in [-0.2, -0.15) is 0 Å². The molecule has 1 heterocycles. The Bertz CT molecular complexity index is 490. The van der Waals surface area contributed by atoms with Crippen LogP contribution in [0.3, 0.4) is 0 Å². The van der Waals surface area contributed by atoms with Crippen LogP contribution in [-0.4, -0.2) is 72.3 Å². The fourth-order valence-corrected chi connectivity index (χ4v) is 5.43. The molecule has 0 N–H and O–H groups in total. The van der Waals surface area contributed by atoms with Crippen molar-refractivity contribution in [2.75, 3.05) is 39.8 Å². The third kappa shape index (κ3) is 5.04. The summed E-state index contributed by atoms with van der Waals surface area (Å²) in [6.45, 7) is 6.26. The first-order valence-electron chi connectivity index (χ1n) is 11.4. The SMILES string of the molecule is CCCN(C)C(=O)C(C1CCCC1)N1CCN(C(=O)C2CCCCC2)CC1. The van der Waals surface area contributed by atoms with Gasteiger partial charge in [0.2, 0.25) is 11.8 Å². The van der Waals surface area contributed by atoms with Crippen LogP contribution in [0.25, 0.3) is 0 Å². The number of hydrogen-bond acceptors (Lipinski definition) is 3. The zero-order valence-corrected chi connectivity index (χ0v) is 17.5. The Hall–Kier alpha value is -1.10. The number of nitrogens with zero attached hydrogens (tertiary/aromatic N) is 3. The maximum Gasteiger partial charge on any atom is 0.239 e. The topological polar surface area (TPSA) is 43.9 Å². The first-order valence-corrected chi connectivity index (χ1v) is 11.4. The van der Waals surface area contributed by atoms with E-state index in [0.29, 0.717) is 17.7 Å². The van der Waals surface area contributed by atoms with Crippen LogP contribution in [0.2, 0.25) is 0 Å². The van der Waals surface area contributed by atoms with E-state index in [1.807, 2.05) is 11.9 Å². The minimum atomic E-state index is 0.0241. The summed E-state index contributed by atoms with van der Waals surface area (Å²) >= 11 is 0. The van der Waals surface area contributed by atoms with E-state index >= 15 is 0 Å². The van der Waals surface area contributed by atoms with Crippen molar-refractivity contribution in [1.82, 2.24) is 14.7 Å². The minimum absolute atomic E-state index is 0.0241. The van der Waals surface area contributed by atoms with E-state index in [9.17, 15) is 9.59 Å². The predicted octanol–water partition coefficient (Wildman–Crippen LogP) is 3.14. The molecule has 1 aliphatic heterocycles. The first kappa shape index (κ1) is 20.6. The fourth-order valence-electron chi connectivity index (χ4n) is 5.43. The van der Waals surface area contributed by atoms with Gasteiger partial charge < -0.3 is 9.80 Å². The molecule has 5 nitrogen and oxygen atoms in total. The van der Waals surface area contributed by atoms with Crippen molar-refractivity contribution in [3.63, 3.8) is 0 Å². The quantitative estimate of drug-likeness (QED) is 0.714. The Morgan fingerprint density at radius 1 is 0.926 bits per heavy atom. The fraction of sp³-hybridized carbons (Fsp3) is 0.909. The van der Waals surface area contributed by atoms with E-state index in [0.717, 1.165) is 52.0 Å². The molecule has 0 aromatic heterocycles. The number of piperazine rings is 1. The lowest BCUT2D eigenvalue weighted by Gasteiger charge is -2.42. The molecule has 1 atom stereocenters. The molecular formula is C22H39N3O2. The molecule has 0 bridgehead atoms. The molecule has 27 heavy (non-hydrogen) atoms. The van der Waals surface area contributed by atoms with Gasteiger partial charge in [-0.05, 0) is 38.0 Å². The van der Waals surface area contributed by atoms with Gasteiger partial charge in [-0.25, -0.2) is 0 Å². The summed E-state index contributed by atoms with van der Waals surface area (Å²) in [5.74, 6) is 1.43. The molecule has 1 saturated heterocycles. The maximum absolute atomic E-state index is 13.2. The molecule has 3 aliphatic rings. The lowest BCUT2D eigenvalue weighted by Crippen LogP contribution is -2.58. The standard InChI is InChI=1S/C22H39N3O2/c1-3-13-23(2)22(27)20(18-9-7-8-10-18)24-14-16-25(17-15-24)21(26)19-11-5-4-6-12-19/h18-20H,3-17H2,1-2H3. The second-order valence-electron chi connectivity index (χ2n) is 8.95. The third-order valence-electron chi connectivity index (χ3n) is 7.01. The third-order valence-corrected chi connectivity index (χ3v) is 7.01. The van der Waals surface area contributed by atoms with Gasteiger partial charge in [-0.15, -0.1) is 0 Å². The summed E-state index contributed by atoms with van der Waals surface area (Å²) in [5.41, 5.74) is 0. The van der Waals surface area contributed by atoms with Gasteiger partial charge in [0.15, 0.2) is 0 Å². The molecule has 2 amide bonds. The zero-order chi connectivity index (χ0) is 19.2. The highest BCUT2D eigenvalue weighted by Crippen LogP contribution is 2.32. The van der Waals surface area contributed by atoms with Gasteiger partial charge >= 0.3 is 0 Å². The average molecular weight is 378 g/mol. The lowest BCUT2D eigenvalue weighted by atomic mass is 9.88. The van der Waals surface area contributed by atoms with E-state index in [-0.39, 0.29) is 12.0 Å². The van der Waals surface area contributed by atoms with Crippen molar-refractivity contribution in [3.8, 4) is 0 Å². The highest BCUT2D eigenvalue weighted by Gasteiger charge is 2.39. The predicted molar refractivity (Wildman–Crippen MR) is 108 cm³/mol. The first-order chi connectivity index (χ1) is 13.1. The molecule has 0 radical (unpaired) electrons. The molecule has 2 aliphatic carbocycles. The number of carbonyl (C=O) groups excluding carboxylic acids is 2. The van der Waals surface area contributed by atoms with Gasteiger partial charge in [-0.1, -0.05) is 39.0 Å². The van der Waals surface area contributed by atoms with Crippen LogP contribution >= 0.6 is 0 Å².